The van der Waals surface area contributed by atoms with Crippen molar-refractivity contribution in [2.45, 2.75) is 20.3 Å². The molecule has 36 heavy (non-hydrogen) atoms. The number of nitrogens with zero attached hydrogens (tertiary/aromatic N) is 3. The summed E-state index contributed by atoms with van der Waals surface area (Å²) in [6.07, 6.45) is 2.60. The first-order chi connectivity index (χ1) is 17.4. The third kappa shape index (κ3) is 6.73. The Hall–Kier alpha value is -4.11. The number of ether oxygens (including phenoxy) is 2. The molecule has 0 unspecified atom stereocenters. The number of methoxy groups -OCH3 is 1. The number of rotatable bonds is 8. The number of amides is 1. The molecule has 0 bridgehead atoms. The van der Waals surface area contributed by atoms with Crippen LogP contribution in [0.4, 0.5) is 5.95 Å². The molecule has 3 N–H and O–H groups in total. The van der Waals surface area contributed by atoms with Crippen LogP contribution in [0, 0.1) is 13.8 Å². The Balaban J connectivity index is 1.46. The van der Waals surface area contributed by atoms with Gasteiger partial charge in [-0.15, -0.1) is 0 Å². The van der Waals surface area contributed by atoms with Crippen LogP contribution < -0.4 is 20.1 Å². The third-order valence-electron chi connectivity index (χ3n) is 5.28. The molecule has 2 heterocycles. The molecule has 4 rings (SSSR count). The van der Waals surface area contributed by atoms with Crippen LogP contribution in [0.2, 0.25) is 5.02 Å². The van der Waals surface area contributed by atoms with Crippen LogP contribution in [0.25, 0.3) is 10.9 Å². The molecule has 0 saturated heterocycles. The molecule has 0 aliphatic carbocycles. The van der Waals surface area contributed by atoms with Crippen LogP contribution in [0.15, 0.2) is 59.7 Å². The van der Waals surface area contributed by atoms with Gasteiger partial charge in [0.2, 0.25) is 11.9 Å². The molecular formula is C26H27ClN6O3. The second kappa shape index (κ2) is 11.5. The van der Waals surface area contributed by atoms with E-state index in [9.17, 15) is 4.79 Å². The van der Waals surface area contributed by atoms with Gasteiger partial charge in [0.1, 0.15) is 11.5 Å². The molecule has 10 heteroatoms. The van der Waals surface area contributed by atoms with E-state index in [0.29, 0.717) is 29.7 Å². The molecule has 0 aliphatic rings. The first kappa shape index (κ1) is 25.0. The molecule has 1 amide bonds. The average Bonchev–Trinajstić information content (AvgIpc) is 3.25. The minimum absolute atomic E-state index is 0.196. The van der Waals surface area contributed by atoms with Gasteiger partial charge in [-0.1, -0.05) is 11.6 Å². The highest BCUT2D eigenvalue weighted by Crippen LogP contribution is 2.24. The van der Waals surface area contributed by atoms with Gasteiger partial charge in [0.15, 0.2) is 6.61 Å². The smallest absolute Gasteiger partial charge is 0.264 e. The molecule has 0 aliphatic heterocycles. The fourth-order valence-corrected chi connectivity index (χ4v) is 3.75. The highest BCUT2D eigenvalue weighted by Gasteiger charge is 2.11. The van der Waals surface area contributed by atoms with Crippen LogP contribution in [-0.4, -0.2) is 47.1 Å². The van der Waals surface area contributed by atoms with Crippen LogP contribution in [0.5, 0.6) is 11.5 Å². The largest absolute Gasteiger partial charge is 0.497 e. The van der Waals surface area contributed by atoms with Gasteiger partial charge in [0.25, 0.3) is 5.91 Å². The quantitative estimate of drug-likeness (QED) is 0.240. The Labute approximate surface area is 213 Å². The number of aromatic nitrogens is 3. The Morgan fingerprint density at radius 3 is 2.50 bits per heavy atom. The summed E-state index contributed by atoms with van der Waals surface area (Å²) in [4.78, 5) is 29.2. The van der Waals surface area contributed by atoms with E-state index in [-0.39, 0.29) is 18.5 Å². The van der Waals surface area contributed by atoms with E-state index >= 15 is 0 Å². The Kier molecular flexibility index (Phi) is 8.02. The molecule has 2 aromatic heterocycles. The highest BCUT2D eigenvalue weighted by molar-refractivity contribution is 6.30. The van der Waals surface area contributed by atoms with E-state index in [4.69, 9.17) is 21.1 Å². The maximum Gasteiger partial charge on any atom is 0.264 e. The van der Waals surface area contributed by atoms with Crippen LogP contribution >= 0.6 is 11.6 Å². The molecular weight excluding hydrogens is 480 g/mol. The van der Waals surface area contributed by atoms with Gasteiger partial charge in [-0.2, -0.15) is 0 Å². The molecule has 0 fully saturated rings. The van der Waals surface area contributed by atoms with E-state index < -0.39 is 0 Å². The van der Waals surface area contributed by atoms with Gasteiger partial charge in [0.05, 0.1) is 7.11 Å². The maximum atomic E-state index is 12.6. The SMILES string of the molecule is COc1ccc2[nH]cc(CCN=C(NC(=O)COc3ccc(Cl)cc3)Nc3nc(C)cc(C)n3)c2c1. The zero-order chi connectivity index (χ0) is 25.5. The third-order valence-corrected chi connectivity index (χ3v) is 5.53. The first-order valence-electron chi connectivity index (χ1n) is 11.4. The van der Waals surface area contributed by atoms with E-state index in [1.807, 2.05) is 44.3 Å². The highest BCUT2D eigenvalue weighted by atomic mass is 35.5. The molecule has 2 aromatic carbocycles. The van der Waals surface area contributed by atoms with Crippen molar-refractivity contribution in [3.8, 4) is 11.5 Å². The van der Waals surface area contributed by atoms with Crippen molar-refractivity contribution in [2.24, 2.45) is 4.99 Å². The lowest BCUT2D eigenvalue weighted by molar-refractivity contribution is -0.121. The van der Waals surface area contributed by atoms with Crippen LogP contribution in [-0.2, 0) is 11.2 Å². The zero-order valence-electron chi connectivity index (χ0n) is 20.3. The molecule has 0 spiro atoms. The Morgan fingerprint density at radius 1 is 1.06 bits per heavy atom. The monoisotopic (exact) mass is 506 g/mol. The fraction of sp³-hybridized carbons (Fsp3) is 0.231. The lowest BCUT2D eigenvalue weighted by Gasteiger charge is -2.12. The fourth-order valence-electron chi connectivity index (χ4n) is 3.63. The number of hydrogen-bond acceptors (Lipinski definition) is 6. The van der Waals surface area contributed by atoms with Gasteiger partial charge in [-0.3, -0.25) is 20.4 Å². The summed E-state index contributed by atoms with van der Waals surface area (Å²) < 4.78 is 10.9. The minimum atomic E-state index is -0.377. The average molecular weight is 507 g/mol. The molecule has 4 aromatic rings. The predicted molar refractivity (Wildman–Crippen MR) is 141 cm³/mol. The number of carbonyl (C=O) groups is 1. The number of aliphatic imine (C=N–C) groups is 1. The second-order valence-corrected chi connectivity index (χ2v) is 8.53. The molecule has 186 valence electrons. The van der Waals surface area contributed by atoms with Gasteiger partial charge >= 0.3 is 0 Å². The van der Waals surface area contributed by atoms with Gasteiger partial charge in [0, 0.05) is 40.1 Å². The molecule has 0 radical (unpaired) electrons. The number of guanidine groups is 1. The van der Waals surface area contributed by atoms with Gasteiger partial charge < -0.3 is 14.5 Å². The molecule has 0 saturated carbocycles. The predicted octanol–water partition coefficient (Wildman–Crippen LogP) is 4.44. The Morgan fingerprint density at radius 2 is 1.78 bits per heavy atom. The summed E-state index contributed by atoms with van der Waals surface area (Å²) in [5.41, 5.74) is 3.71. The number of halogens is 1. The van der Waals surface area contributed by atoms with Crippen molar-refractivity contribution in [1.82, 2.24) is 20.3 Å². The van der Waals surface area contributed by atoms with Crippen molar-refractivity contribution in [1.29, 1.82) is 0 Å². The second-order valence-electron chi connectivity index (χ2n) is 8.10. The van der Waals surface area contributed by atoms with E-state index in [1.54, 1.807) is 31.4 Å². The van der Waals surface area contributed by atoms with Crippen LogP contribution in [0.3, 0.4) is 0 Å². The molecule has 9 nitrogen and oxygen atoms in total. The lowest BCUT2D eigenvalue weighted by Crippen LogP contribution is -2.39. The van der Waals surface area contributed by atoms with E-state index in [2.05, 4.69) is 30.6 Å². The van der Waals surface area contributed by atoms with E-state index in [0.717, 1.165) is 33.6 Å². The van der Waals surface area contributed by atoms with Gasteiger partial charge in [-0.25, -0.2) is 9.97 Å². The topological polar surface area (TPSA) is 114 Å². The number of anilines is 1. The van der Waals surface area contributed by atoms with Crippen LogP contribution in [0.1, 0.15) is 17.0 Å². The zero-order valence-corrected chi connectivity index (χ0v) is 21.0. The number of aromatic amines is 1. The summed E-state index contributed by atoms with van der Waals surface area (Å²) in [6.45, 7) is 3.97. The number of benzene rings is 2. The number of H-pyrrole nitrogens is 1. The summed E-state index contributed by atoms with van der Waals surface area (Å²) in [5, 5.41) is 7.45. The number of aryl methyl sites for hydroxylation is 2. The summed E-state index contributed by atoms with van der Waals surface area (Å²) >= 11 is 5.90. The number of carbonyl (C=O) groups excluding carboxylic acids is 1. The maximum absolute atomic E-state index is 12.6. The summed E-state index contributed by atoms with van der Waals surface area (Å²) in [7, 11) is 1.64. The van der Waals surface area contributed by atoms with E-state index in [1.165, 1.54) is 0 Å². The van der Waals surface area contributed by atoms with Crippen molar-refractivity contribution in [3.63, 3.8) is 0 Å². The summed E-state index contributed by atoms with van der Waals surface area (Å²) in [6, 6.07) is 14.5. The minimum Gasteiger partial charge on any atom is -0.497 e. The number of hydrogen-bond donors (Lipinski definition) is 3. The van der Waals surface area contributed by atoms with Crippen molar-refractivity contribution in [2.75, 3.05) is 25.6 Å². The molecule has 0 atom stereocenters. The van der Waals surface area contributed by atoms with Gasteiger partial charge in [-0.05, 0) is 74.4 Å². The van der Waals surface area contributed by atoms with Crippen molar-refractivity contribution < 1.29 is 14.3 Å². The van der Waals surface area contributed by atoms with Crippen molar-refractivity contribution in [3.05, 3.63) is 76.7 Å². The standard InChI is InChI=1S/C26H27ClN6O3/c1-16-12-17(2)31-26(30-16)33-25(32-24(34)15-36-20-6-4-19(27)5-7-20)28-11-10-18-14-29-23-9-8-21(35-3)13-22(18)23/h4-9,12-14,29H,10-11,15H2,1-3H3,(H2,28,30,31,32,33,34). The number of fused-ring (bicyclic) bond motifs is 1. The Bertz CT molecular complexity index is 1360. The summed E-state index contributed by atoms with van der Waals surface area (Å²) in [5.74, 6) is 1.53. The van der Waals surface area contributed by atoms with Crippen molar-refractivity contribution >= 4 is 40.3 Å². The number of nitrogens with one attached hydrogen (secondary N) is 3. The normalized spacial score (nSPS) is 11.4. The first-order valence-corrected chi connectivity index (χ1v) is 11.7. The lowest BCUT2D eigenvalue weighted by atomic mass is 10.1.